The van der Waals surface area contributed by atoms with Crippen LogP contribution in [0.3, 0.4) is 0 Å². The standard InChI is InChI=1S/C32H35N3O2/c1-2-3-9-18-34-19-16-23(17-20-34)29-22-35(33)30-15-14-25(21-28(29)30)32(37)27-13-8-7-12-26(27)31(36)24-10-5-4-6-11-24/h4-8,10-15,21-23H,2-3,9,16-20,33H2,1H3. The Morgan fingerprint density at radius 2 is 1.49 bits per heavy atom. The van der Waals surface area contributed by atoms with Gasteiger partial charge in [-0.25, -0.2) is 0 Å². The Balaban J connectivity index is 1.42. The Kier molecular flexibility index (Phi) is 7.52. The third-order valence-electron chi connectivity index (χ3n) is 7.68. The average molecular weight is 494 g/mol. The highest BCUT2D eigenvalue weighted by Gasteiger charge is 2.25. The molecule has 0 saturated carbocycles. The monoisotopic (exact) mass is 493 g/mol. The third-order valence-corrected chi connectivity index (χ3v) is 7.68. The van der Waals surface area contributed by atoms with Crippen molar-refractivity contribution < 1.29 is 9.59 Å². The first-order valence-electron chi connectivity index (χ1n) is 13.4. The Morgan fingerprint density at radius 3 is 2.16 bits per heavy atom. The summed E-state index contributed by atoms with van der Waals surface area (Å²) in [6.45, 7) is 5.62. The molecular formula is C32H35N3O2. The summed E-state index contributed by atoms with van der Waals surface area (Å²) in [5, 5.41) is 1.03. The van der Waals surface area contributed by atoms with Gasteiger partial charge in [0, 0.05) is 33.8 Å². The number of aromatic nitrogens is 1. The Hall–Kier alpha value is -3.70. The molecule has 0 bridgehead atoms. The van der Waals surface area contributed by atoms with Gasteiger partial charge in [0.1, 0.15) is 0 Å². The van der Waals surface area contributed by atoms with Crippen molar-refractivity contribution in [3.63, 3.8) is 0 Å². The largest absolute Gasteiger partial charge is 0.339 e. The topological polar surface area (TPSA) is 68.3 Å². The van der Waals surface area contributed by atoms with Crippen LogP contribution in [0.2, 0.25) is 0 Å². The van der Waals surface area contributed by atoms with Gasteiger partial charge in [-0.15, -0.1) is 0 Å². The predicted octanol–water partition coefficient (Wildman–Crippen LogP) is 6.19. The van der Waals surface area contributed by atoms with E-state index in [2.05, 4.69) is 11.8 Å². The second-order valence-electron chi connectivity index (χ2n) is 10.1. The van der Waals surface area contributed by atoms with Crippen molar-refractivity contribution in [3.05, 3.63) is 107 Å². The molecule has 0 radical (unpaired) electrons. The van der Waals surface area contributed by atoms with Crippen molar-refractivity contribution in [1.82, 2.24) is 9.58 Å². The first kappa shape index (κ1) is 25.0. The number of carbonyl (C=O) groups is 2. The lowest BCUT2D eigenvalue weighted by Crippen LogP contribution is -2.33. The highest BCUT2D eigenvalue weighted by Crippen LogP contribution is 2.35. The molecule has 0 spiro atoms. The maximum atomic E-state index is 13.7. The van der Waals surface area contributed by atoms with Gasteiger partial charge in [0.25, 0.3) is 0 Å². The van der Waals surface area contributed by atoms with Crippen molar-refractivity contribution in [3.8, 4) is 0 Å². The van der Waals surface area contributed by atoms with Gasteiger partial charge in [-0.2, -0.15) is 0 Å². The van der Waals surface area contributed by atoms with Gasteiger partial charge in [-0.05, 0) is 68.6 Å². The zero-order chi connectivity index (χ0) is 25.8. The molecule has 5 heteroatoms. The first-order valence-corrected chi connectivity index (χ1v) is 13.4. The van der Waals surface area contributed by atoms with E-state index in [-0.39, 0.29) is 11.6 Å². The van der Waals surface area contributed by atoms with Crippen LogP contribution in [0.5, 0.6) is 0 Å². The highest BCUT2D eigenvalue weighted by molar-refractivity contribution is 6.20. The summed E-state index contributed by atoms with van der Waals surface area (Å²) in [6.07, 6.45) is 8.03. The van der Waals surface area contributed by atoms with Gasteiger partial charge < -0.3 is 10.7 Å². The van der Waals surface area contributed by atoms with Crippen LogP contribution in [0.1, 0.15) is 82.4 Å². The summed E-state index contributed by atoms with van der Waals surface area (Å²) < 4.78 is 1.68. The molecule has 0 amide bonds. The van der Waals surface area contributed by atoms with Crippen LogP contribution in [-0.2, 0) is 0 Å². The first-order chi connectivity index (χ1) is 18.1. The van der Waals surface area contributed by atoms with Crippen molar-refractivity contribution in [2.75, 3.05) is 25.5 Å². The maximum Gasteiger partial charge on any atom is 0.193 e. The molecule has 3 aromatic carbocycles. The lowest BCUT2D eigenvalue weighted by molar-refractivity contribution is 0.100. The molecule has 0 aliphatic carbocycles. The van der Waals surface area contributed by atoms with E-state index in [1.165, 1.54) is 31.4 Å². The zero-order valence-corrected chi connectivity index (χ0v) is 21.5. The molecule has 2 N–H and O–H groups in total. The fraction of sp³-hybridized carbons (Fsp3) is 0.312. The zero-order valence-electron chi connectivity index (χ0n) is 21.5. The number of nitrogen functional groups attached to an aromatic ring is 1. The lowest BCUT2D eigenvalue weighted by atomic mass is 9.88. The number of carbonyl (C=O) groups excluding carboxylic acids is 2. The molecule has 1 aliphatic heterocycles. The minimum Gasteiger partial charge on any atom is -0.339 e. The van der Waals surface area contributed by atoms with Crippen LogP contribution < -0.4 is 5.84 Å². The molecule has 1 aromatic heterocycles. The maximum absolute atomic E-state index is 13.7. The summed E-state index contributed by atoms with van der Waals surface area (Å²) in [5.41, 5.74) is 4.13. The van der Waals surface area contributed by atoms with Crippen LogP contribution in [0.25, 0.3) is 10.9 Å². The molecule has 1 saturated heterocycles. The van der Waals surface area contributed by atoms with Crippen LogP contribution in [0.4, 0.5) is 0 Å². The number of likely N-dealkylation sites (tertiary alicyclic amines) is 1. The van der Waals surface area contributed by atoms with Crippen LogP contribution in [0.15, 0.2) is 79.0 Å². The number of hydrogen-bond donors (Lipinski definition) is 1. The number of ketones is 2. The van der Waals surface area contributed by atoms with Crippen LogP contribution >= 0.6 is 0 Å². The van der Waals surface area contributed by atoms with Crippen LogP contribution in [-0.4, -0.2) is 40.8 Å². The van der Waals surface area contributed by atoms with Crippen molar-refractivity contribution in [1.29, 1.82) is 0 Å². The fourth-order valence-electron chi connectivity index (χ4n) is 5.58. The van der Waals surface area contributed by atoms with Gasteiger partial charge in [0.2, 0.25) is 0 Å². The fourth-order valence-corrected chi connectivity index (χ4v) is 5.58. The number of fused-ring (bicyclic) bond motifs is 1. The summed E-state index contributed by atoms with van der Waals surface area (Å²) in [5.74, 6) is 6.46. The minimum absolute atomic E-state index is 0.148. The Labute approximate surface area is 218 Å². The van der Waals surface area contributed by atoms with Gasteiger partial charge >= 0.3 is 0 Å². The van der Waals surface area contributed by atoms with Crippen molar-refractivity contribution in [2.24, 2.45) is 0 Å². The Bertz CT molecular complexity index is 1400. The quantitative estimate of drug-likeness (QED) is 0.172. The molecule has 0 unspecified atom stereocenters. The van der Waals surface area contributed by atoms with E-state index in [0.29, 0.717) is 28.2 Å². The summed E-state index contributed by atoms with van der Waals surface area (Å²) >= 11 is 0. The van der Waals surface area contributed by atoms with E-state index >= 15 is 0 Å². The summed E-state index contributed by atoms with van der Waals surface area (Å²) in [7, 11) is 0. The predicted molar refractivity (Wildman–Crippen MR) is 150 cm³/mol. The number of rotatable bonds is 9. The molecule has 5 nitrogen and oxygen atoms in total. The number of hydrogen-bond acceptors (Lipinski definition) is 4. The van der Waals surface area contributed by atoms with E-state index in [0.717, 1.165) is 36.8 Å². The smallest absolute Gasteiger partial charge is 0.193 e. The normalized spacial score (nSPS) is 14.7. The summed E-state index contributed by atoms with van der Waals surface area (Å²) in [4.78, 5) is 29.5. The van der Waals surface area contributed by atoms with Crippen molar-refractivity contribution in [2.45, 2.75) is 44.9 Å². The van der Waals surface area contributed by atoms with Gasteiger partial charge in [-0.1, -0.05) is 74.4 Å². The molecule has 2 heterocycles. The number of piperidine rings is 1. The second-order valence-corrected chi connectivity index (χ2v) is 10.1. The molecule has 0 atom stereocenters. The third kappa shape index (κ3) is 5.23. The second kappa shape index (κ2) is 11.1. The van der Waals surface area contributed by atoms with Gasteiger partial charge in [0.05, 0.1) is 5.52 Å². The van der Waals surface area contributed by atoms with Crippen molar-refractivity contribution >= 4 is 22.5 Å². The molecule has 37 heavy (non-hydrogen) atoms. The molecule has 190 valence electrons. The highest BCUT2D eigenvalue weighted by atomic mass is 16.1. The number of benzene rings is 3. The number of nitrogens with zero attached hydrogens (tertiary/aromatic N) is 2. The molecular weight excluding hydrogens is 458 g/mol. The van der Waals surface area contributed by atoms with Gasteiger partial charge in [-0.3, -0.25) is 14.3 Å². The molecule has 4 aromatic rings. The summed E-state index contributed by atoms with van der Waals surface area (Å²) in [6, 6.07) is 21.9. The molecule has 5 rings (SSSR count). The molecule has 1 aliphatic rings. The number of nitrogens with two attached hydrogens (primary N) is 1. The number of unbranched alkanes of at least 4 members (excludes halogenated alkanes) is 2. The van der Waals surface area contributed by atoms with E-state index in [1.807, 2.05) is 48.7 Å². The lowest BCUT2D eigenvalue weighted by Gasteiger charge is -2.32. The Morgan fingerprint density at radius 1 is 0.838 bits per heavy atom. The van der Waals surface area contributed by atoms with E-state index in [1.54, 1.807) is 35.0 Å². The van der Waals surface area contributed by atoms with E-state index in [4.69, 9.17) is 5.84 Å². The SMILES string of the molecule is CCCCCN1CCC(c2cn(N)c3ccc(C(=O)c4ccccc4C(=O)c4ccccc4)cc23)CC1. The average Bonchev–Trinajstić information content (AvgIpc) is 3.28. The molecule has 1 fully saturated rings. The van der Waals surface area contributed by atoms with E-state index in [9.17, 15) is 9.59 Å². The van der Waals surface area contributed by atoms with E-state index < -0.39 is 0 Å². The minimum atomic E-state index is -0.150. The van der Waals surface area contributed by atoms with Gasteiger partial charge in [0.15, 0.2) is 11.6 Å². The van der Waals surface area contributed by atoms with Crippen LogP contribution in [0, 0.1) is 0 Å².